The van der Waals surface area contributed by atoms with Crippen molar-refractivity contribution < 1.29 is 38.5 Å². The quantitative estimate of drug-likeness (QED) is 0.320. The average molecular weight is 544 g/mol. The van der Waals surface area contributed by atoms with Crippen LogP contribution in [-0.4, -0.2) is 45.1 Å². The van der Waals surface area contributed by atoms with Gasteiger partial charge >= 0.3 is 11.9 Å². The molecule has 3 atom stereocenters. The number of nitrogens with zero attached hydrogens (tertiary/aromatic N) is 1. The lowest BCUT2D eigenvalue weighted by atomic mass is 10.2. The third-order valence-electron chi connectivity index (χ3n) is 5.76. The molecule has 0 radical (unpaired) electrons. The van der Waals surface area contributed by atoms with Crippen molar-refractivity contribution in [2.24, 2.45) is 17.8 Å². The zero-order valence-corrected chi connectivity index (χ0v) is 20.0. The molecule has 0 spiro atoms. The van der Waals surface area contributed by atoms with Crippen LogP contribution < -0.4 is 20.9 Å². The van der Waals surface area contributed by atoms with Gasteiger partial charge in [-0.1, -0.05) is 11.6 Å². The predicted molar refractivity (Wildman–Crippen MR) is 132 cm³/mol. The molecule has 1 heterocycles. The first kappa shape index (κ1) is 26.4. The number of nitrogens with one attached hydrogen (secondary N) is 2. The van der Waals surface area contributed by atoms with E-state index in [0.717, 1.165) is 16.7 Å². The van der Waals surface area contributed by atoms with E-state index in [1.165, 1.54) is 48.7 Å². The van der Waals surface area contributed by atoms with Crippen LogP contribution in [0.1, 0.15) is 0 Å². The van der Waals surface area contributed by atoms with Crippen LogP contribution in [0, 0.1) is 23.6 Å². The SMILES string of the molecule is O=C(O)COc1ccn(-c2ccc(NC(=O)C3C(C(=O)O)C3C(=O)Nc3ccc(Cl)cc3)c(F)c2)c(=O)c1. The Kier molecular flexibility index (Phi) is 7.44. The van der Waals surface area contributed by atoms with E-state index < -0.39 is 59.5 Å². The maximum Gasteiger partial charge on any atom is 0.341 e. The van der Waals surface area contributed by atoms with Crippen LogP contribution in [-0.2, 0) is 19.2 Å². The number of amides is 2. The van der Waals surface area contributed by atoms with Gasteiger partial charge in [0.15, 0.2) is 6.61 Å². The Hall–Kier alpha value is -4.71. The highest BCUT2D eigenvalue weighted by Crippen LogP contribution is 2.48. The van der Waals surface area contributed by atoms with Gasteiger partial charge in [-0.15, -0.1) is 0 Å². The number of hydrogen-bond donors (Lipinski definition) is 4. The highest BCUT2D eigenvalue weighted by molar-refractivity contribution is 6.30. The monoisotopic (exact) mass is 543 g/mol. The minimum Gasteiger partial charge on any atom is -0.482 e. The smallest absolute Gasteiger partial charge is 0.341 e. The fraction of sp³-hybridized carbons (Fsp3) is 0.160. The zero-order valence-electron chi connectivity index (χ0n) is 19.3. The van der Waals surface area contributed by atoms with Gasteiger partial charge in [-0.05, 0) is 42.5 Å². The van der Waals surface area contributed by atoms with Gasteiger partial charge in [0.05, 0.1) is 29.1 Å². The summed E-state index contributed by atoms with van der Waals surface area (Å²) in [6.45, 7) is -0.639. The number of halogens is 2. The lowest BCUT2D eigenvalue weighted by Crippen LogP contribution is -2.21. The van der Waals surface area contributed by atoms with E-state index in [4.69, 9.17) is 21.4 Å². The molecular weight excluding hydrogens is 525 g/mol. The molecule has 1 aliphatic rings. The number of pyridine rings is 1. The molecule has 0 saturated heterocycles. The van der Waals surface area contributed by atoms with Crippen molar-refractivity contribution in [2.45, 2.75) is 0 Å². The second-order valence-electron chi connectivity index (χ2n) is 8.32. The number of ether oxygens (including phenoxy) is 1. The van der Waals surface area contributed by atoms with Gasteiger partial charge in [-0.25, -0.2) is 9.18 Å². The largest absolute Gasteiger partial charge is 0.482 e. The van der Waals surface area contributed by atoms with Gasteiger partial charge < -0.3 is 25.6 Å². The number of carboxylic acid groups (broad SMARTS) is 2. The van der Waals surface area contributed by atoms with Crippen LogP contribution in [0.4, 0.5) is 15.8 Å². The van der Waals surface area contributed by atoms with Crippen LogP contribution >= 0.6 is 11.6 Å². The maximum absolute atomic E-state index is 14.8. The van der Waals surface area contributed by atoms with E-state index >= 15 is 0 Å². The molecule has 4 N–H and O–H groups in total. The molecule has 13 heteroatoms. The Morgan fingerprint density at radius 1 is 0.921 bits per heavy atom. The molecule has 38 heavy (non-hydrogen) atoms. The molecule has 0 bridgehead atoms. The van der Waals surface area contributed by atoms with Gasteiger partial charge in [0.1, 0.15) is 11.6 Å². The van der Waals surface area contributed by atoms with E-state index in [-0.39, 0.29) is 17.1 Å². The van der Waals surface area contributed by atoms with Crippen molar-refractivity contribution in [1.29, 1.82) is 0 Å². The molecule has 11 nitrogen and oxygen atoms in total. The summed E-state index contributed by atoms with van der Waals surface area (Å²) in [5.74, 6) is -8.65. The van der Waals surface area contributed by atoms with Crippen LogP contribution in [0.25, 0.3) is 5.69 Å². The number of anilines is 2. The summed E-state index contributed by atoms with van der Waals surface area (Å²) >= 11 is 5.81. The van der Waals surface area contributed by atoms with Crippen molar-refractivity contribution in [2.75, 3.05) is 17.2 Å². The van der Waals surface area contributed by atoms with Crippen molar-refractivity contribution in [3.8, 4) is 11.4 Å². The molecule has 1 saturated carbocycles. The number of rotatable bonds is 9. The predicted octanol–water partition coefficient (Wildman–Crippen LogP) is 2.62. The molecule has 4 rings (SSSR count). The summed E-state index contributed by atoms with van der Waals surface area (Å²) in [4.78, 5) is 59.9. The maximum atomic E-state index is 14.8. The highest BCUT2D eigenvalue weighted by atomic mass is 35.5. The van der Waals surface area contributed by atoms with Crippen molar-refractivity contribution >= 4 is 46.7 Å². The third kappa shape index (κ3) is 5.81. The van der Waals surface area contributed by atoms with Crippen molar-refractivity contribution in [3.63, 3.8) is 0 Å². The minimum atomic E-state index is -1.34. The Morgan fingerprint density at radius 2 is 1.58 bits per heavy atom. The second-order valence-corrected chi connectivity index (χ2v) is 8.75. The van der Waals surface area contributed by atoms with Gasteiger partial charge in [0.2, 0.25) is 11.8 Å². The number of hydrogen-bond acceptors (Lipinski definition) is 6. The Bertz CT molecular complexity index is 1490. The van der Waals surface area contributed by atoms with Gasteiger partial charge in [0, 0.05) is 29.0 Å². The number of aromatic nitrogens is 1. The molecule has 1 aromatic heterocycles. The molecule has 0 aliphatic heterocycles. The first-order valence-electron chi connectivity index (χ1n) is 11.0. The summed E-state index contributed by atoms with van der Waals surface area (Å²) in [6.07, 6.45) is 1.26. The number of carbonyl (C=O) groups excluding carboxylic acids is 2. The summed E-state index contributed by atoms with van der Waals surface area (Å²) in [7, 11) is 0. The van der Waals surface area contributed by atoms with Crippen LogP contribution in [0.15, 0.2) is 65.6 Å². The summed E-state index contributed by atoms with van der Waals surface area (Å²) in [5.41, 5.74) is -0.430. The standard InChI is InChI=1S/C25H19ClFN3O8/c26-12-1-3-13(4-2-12)28-23(34)20-21(22(20)25(36)37)24(35)29-17-6-5-14(9-16(17)27)30-8-7-15(10-18(30)31)38-11-19(32)33/h1-10,20-22H,11H2,(H,28,34)(H,29,35)(H,32,33)(H,36,37). The Morgan fingerprint density at radius 3 is 2.16 bits per heavy atom. The van der Waals surface area contributed by atoms with Crippen molar-refractivity contribution in [3.05, 3.63) is 82.0 Å². The summed E-state index contributed by atoms with van der Waals surface area (Å²) in [6, 6.07) is 12.0. The first-order chi connectivity index (χ1) is 18.0. The first-order valence-corrected chi connectivity index (χ1v) is 11.4. The molecule has 1 fully saturated rings. The highest BCUT2D eigenvalue weighted by Gasteiger charge is 2.63. The molecule has 3 aromatic rings. The van der Waals surface area contributed by atoms with E-state index in [2.05, 4.69) is 10.6 Å². The van der Waals surface area contributed by atoms with E-state index in [1.54, 1.807) is 0 Å². The molecule has 196 valence electrons. The van der Waals surface area contributed by atoms with Gasteiger partial charge in [-0.3, -0.25) is 23.7 Å². The van der Waals surface area contributed by atoms with E-state index in [9.17, 15) is 33.5 Å². The van der Waals surface area contributed by atoms with Gasteiger partial charge in [0.25, 0.3) is 5.56 Å². The normalized spacial score (nSPS) is 17.8. The number of carbonyl (C=O) groups is 4. The van der Waals surface area contributed by atoms with Crippen LogP contribution in [0.3, 0.4) is 0 Å². The Balaban J connectivity index is 1.45. The van der Waals surface area contributed by atoms with Crippen LogP contribution in [0.2, 0.25) is 5.02 Å². The minimum absolute atomic E-state index is 0.0186. The molecule has 2 amide bonds. The fourth-order valence-corrected chi connectivity index (χ4v) is 4.04. The zero-order chi connectivity index (χ0) is 27.6. The molecule has 1 aliphatic carbocycles. The lowest BCUT2D eigenvalue weighted by molar-refractivity contribution is -0.140. The van der Waals surface area contributed by atoms with E-state index in [0.29, 0.717) is 10.7 Å². The number of aliphatic carboxylic acids is 2. The third-order valence-corrected chi connectivity index (χ3v) is 6.02. The molecule has 3 unspecified atom stereocenters. The Labute approximate surface area is 218 Å². The molecular formula is C25H19ClFN3O8. The summed E-state index contributed by atoms with van der Waals surface area (Å²) in [5, 5.41) is 23.4. The van der Waals surface area contributed by atoms with Crippen molar-refractivity contribution in [1.82, 2.24) is 4.57 Å². The molecule has 2 aromatic carbocycles. The van der Waals surface area contributed by atoms with E-state index in [1.807, 2.05) is 0 Å². The topological polar surface area (TPSA) is 164 Å². The van der Waals surface area contributed by atoms with Gasteiger partial charge in [-0.2, -0.15) is 0 Å². The fourth-order valence-electron chi connectivity index (χ4n) is 3.91. The number of carboxylic acids is 2. The summed E-state index contributed by atoms with van der Waals surface area (Å²) < 4.78 is 20.8. The van der Waals surface area contributed by atoms with Crippen LogP contribution in [0.5, 0.6) is 5.75 Å². The average Bonchev–Trinajstić information content (AvgIpc) is 3.62. The number of benzene rings is 2. The second kappa shape index (κ2) is 10.7. The lowest BCUT2D eigenvalue weighted by Gasteiger charge is -2.11.